The third-order valence-corrected chi connectivity index (χ3v) is 2.27. The molecule has 0 saturated carbocycles. The van der Waals surface area contributed by atoms with Gasteiger partial charge in [0.25, 0.3) is 0 Å². The molecular weight excluding hydrogens is 146 g/mol. The number of hydrogen-bond donors (Lipinski definition) is 1. The zero-order valence-corrected chi connectivity index (χ0v) is 7.52. The Morgan fingerprint density at radius 3 is 2.92 bits per heavy atom. The van der Waals surface area contributed by atoms with Crippen LogP contribution in [0.5, 0.6) is 0 Å². The molecule has 0 bridgehead atoms. The molecule has 0 unspecified atom stereocenters. The normalized spacial score (nSPS) is 10.8. The van der Waals surface area contributed by atoms with Crippen molar-refractivity contribution in [1.29, 1.82) is 0 Å². The lowest BCUT2D eigenvalue weighted by Crippen LogP contribution is -1.84. The summed E-state index contributed by atoms with van der Waals surface area (Å²) in [5.74, 6) is 0. The fraction of sp³-hybridized carbons (Fsp3) is 0.273. The van der Waals surface area contributed by atoms with Gasteiger partial charge in [0.2, 0.25) is 0 Å². The van der Waals surface area contributed by atoms with E-state index in [0.717, 1.165) is 6.42 Å². The van der Waals surface area contributed by atoms with E-state index >= 15 is 0 Å². The van der Waals surface area contributed by atoms with E-state index in [9.17, 15) is 0 Å². The average molecular weight is 159 g/mol. The van der Waals surface area contributed by atoms with Gasteiger partial charge in [0.05, 0.1) is 0 Å². The van der Waals surface area contributed by atoms with Crippen molar-refractivity contribution >= 4 is 10.9 Å². The van der Waals surface area contributed by atoms with Crippen LogP contribution in [-0.2, 0) is 6.42 Å². The third-order valence-electron chi connectivity index (χ3n) is 2.27. The summed E-state index contributed by atoms with van der Waals surface area (Å²) in [7, 11) is 0. The molecule has 0 radical (unpaired) electrons. The Kier molecular flexibility index (Phi) is 1.65. The number of hydrogen-bond acceptors (Lipinski definition) is 0. The van der Waals surface area contributed by atoms with E-state index < -0.39 is 0 Å². The molecule has 1 aromatic carbocycles. The van der Waals surface area contributed by atoms with Crippen LogP contribution in [0.2, 0.25) is 0 Å². The Morgan fingerprint density at radius 2 is 2.17 bits per heavy atom. The maximum atomic E-state index is 3.27. The zero-order chi connectivity index (χ0) is 8.55. The van der Waals surface area contributed by atoms with Crippen molar-refractivity contribution in [2.75, 3.05) is 0 Å². The summed E-state index contributed by atoms with van der Waals surface area (Å²) in [6.45, 7) is 4.33. The first-order valence-corrected chi connectivity index (χ1v) is 4.38. The summed E-state index contributed by atoms with van der Waals surface area (Å²) >= 11 is 0. The number of fused-ring (bicyclic) bond motifs is 1. The number of rotatable bonds is 1. The van der Waals surface area contributed by atoms with Crippen molar-refractivity contribution in [2.24, 2.45) is 0 Å². The van der Waals surface area contributed by atoms with Crippen LogP contribution in [0.1, 0.15) is 18.1 Å². The lowest BCUT2D eigenvalue weighted by Gasteiger charge is -2.01. The van der Waals surface area contributed by atoms with Gasteiger partial charge in [-0.2, -0.15) is 0 Å². The van der Waals surface area contributed by atoms with Gasteiger partial charge in [-0.05, 0) is 36.4 Å². The van der Waals surface area contributed by atoms with E-state index in [1.54, 1.807) is 0 Å². The minimum atomic E-state index is 1.10. The SMILES string of the molecule is CCc1cc(C)cc2cc[nH]c12. The highest BCUT2D eigenvalue weighted by Gasteiger charge is 2.00. The van der Waals surface area contributed by atoms with Crippen LogP contribution in [0.15, 0.2) is 24.4 Å². The van der Waals surface area contributed by atoms with Crippen LogP contribution < -0.4 is 0 Å². The van der Waals surface area contributed by atoms with E-state index in [0.29, 0.717) is 0 Å². The standard InChI is InChI=1S/C11H13N/c1-3-9-6-8(2)7-10-4-5-12-11(9)10/h4-7,12H,3H2,1-2H3. The lowest BCUT2D eigenvalue weighted by molar-refractivity contribution is 1.14. The summed E-state index contributed by atoms with van der Waals surface area (Å²) in [5.41, 5.74) is 4.05. The maximum Gasteiger partial charge on any atom is 0.0486 e. The van der Waals surface area contributed by atoms with Gasteiger partial charge in [0.15, 0.2) is 0 Å². The van der Waals surface area contributed by atoms with Crippen LogP contribution in [-0.4, -0.2) is 4.98 Å². The largest absolute Gasteiger partial charge is 0.361 e. The predicted molar refractivity (Wildman–Crippen MR) is 52.4 cm³/mol. The van der Waals surface area contributed by atoms with E-state index in [2.05, 4.69) is 37.0 Å². The van der Waals surface area contributed by atoms with Crippen LogP contribution in [0.25, 0.3) is 10.9 Å². The Labute approximate surface area is 72.4 Å². The van der Waals surface area contributed by atoms with Gasteiger partial charge in [-0.1, -0.05) is 18.6 Å². The highest BCUT2D eigenvalue weighted by molar-refractivity contribution is 5.83. The number of nitrogens with one attached hydrogen (secondary N) is 1. The molecule has 1 heterocycles. The average Bonchev–Trinajstić information content (AvgIpc) is 2.50. The molecule has 0 amide bonds. The lowest BCUT2D eigenvalue weighted by atomic mass is 10.1. The molecule has 0 aliphatic rings. The fourth-order valence-corrected chi connectivity index (χ4v) is 1.69. The van der Waals surface area contributed by atoms with Crippen LogP contribution in [0, 0.1) is 6.92 Å². The minimum absolute atomic E-state index is 1.10. The van der Waals surface area contributed by atoms with Gasteiger partial charge in [-0.15, -0.1) is 0 Å². The molecule has 1 aromatic heterocycles. The van der Waals surface area contributed by atoms with Gasteiger partial charge in [-0.25, -0.2) is 0 Å². The first kappa shape index (κ1) is 7.41. The molecule has 0 saturated heterocycles. The Balaban J connectivity index is 2.80. The molecule has 0 aliphatic carbocycles. The zero-order valence-electron chi connectivity index (χ0n) is 7.52. The Morgan fingerprint density at radius 1 is 1.33 bits per heavy atom. The van der Waals surface area contributed by atoms with E-state index in [1.165, 1.54) is 22.0 Å². The van der Waals surface area contributed by atoms with Gasteiger partial charge in [0.1, 0.15) is 0 Å². The highest BCUT2D eigenvalue weighted by Crippen LogP contribution is 2.19. The van der Waals surface area contributed by atoms with Crippen LogP contribution in [0.3, 0.4) is 0 Å². The van der Waals surface area contributed by atoms with Gasteiger partial charge in [-0.3, -0.25) is 0 Å². The van der Waals surface area contributed by atoms with Crippen molar-refractivity contribution in [1.82, 2.24) is 4.98 Å². The first-order valence-electron chi connectivity index (χ1n) is 4.38. The van der Waals surface area contributed by atoms with Gasteiger partial charge in [0, 0.05) is 11.7 Å². The second-order valence-corrected chi connectivity index (χ2v) is 3.22. The number of aromatic nitrogens is 1. The molecular formula is C11H13N. The second-order valence-electron chi connectivity index (χ2n) is 3.22. The molecule has 1 nitrogen and oxygen atoms in total. The molecule has 62 valence electrons. The summed E-state index contributed by atoms with van der Waals surface area (Å²) < 4.78 is 0. The van der Waals surface area contributed by atoms with E-state index in [-0.39, 0.29) is 0 Å². The van der Waals surface area contributed by atoms with Crippen molar-refractivity contribution in [3.63, 3.8) is 0 Å². The van der Waals surface area contributed by atoms with Crippen molar-refractivity contribution < 1.29 is 0 Å². The third kappa shape index (κ3) is 1.02. The number of aryl methyl sites for hydroxylation is 2. The van der Waals surface area contributed by atoms with Crippen molar-refractivity contribution in [2.45, 2.75) is 20.3 Å². The maximum absolute atomic E-state index is 3.27. The summed E-state index contributed by atoms with van der Waals surface area (Å²) in [5, 5.41) is 1.33. The van der Waals surface area contributed by atoms with Crippen molar-refractivity contribution in [3.05, 3.63) is 35.5 Å². The molecule has 0 atom stereocenters. The Bertz CT molecular complexity index is 398. The second kappa shape index (κ2) is 2.67. The number of benzene rings is 1. The van der Waals surface area contributed by atoms with Crippen LogP contribution >= 0.6 is 0 Å². The summed E-state index contributed by atoms with van der Waals surface area (Å²) in [6.07, 6.45) is 3.10. The Hall–Kier alpha value is -1.24. The predicted octanol–water partition coefficient (Wildman–Crippen LogP) is 3.04. The van der Waals surface area contributed by atoms with Crippen molar-refractivity contribution in [3.8, 4) is 0 Å². The van der Waals surface area contributed by atoms with Gasteiger partial charge >= 0.3 is 0 Å². The van der Waals surface area contributed by atoms with Crippen LogP contribution in [0.4, 0.5) is 0 Å². The summed E-state index contributed by atoms with van der Waals surface area (Å²) in [6, 6.07) is 6.59. The monoisotopic (exact) mass is 159 g/mol. The molecule has 1 N–H and O–H groups in total. The molecule has 2 aromatic rings. The molecule has 1 heteroatoms. The molecule has 0 spiro atoms. The first-order chi connectivity index (χ1) is 5.81. The quantitative estimate of drug-likeness (QED) is 0.658. The molecule has 12 heavy (non-hydrogen) atoms. The molecule has 2 rings (SSSR count). The van der Waals surface area contributed by atoms with E-state index in [1.807, 2.05) is 6.20 Å². The minimum Gasteiger partial charge on any atom is -0.361 e. The van der Waals surface area contributed by atoms with Gasteiger partial charge < -0.3 is 4.98 Å². The molecule has 0 aliphatic heterocycles. The highest BCUT2D eigenvalue weighted by atomic mass is 14.7. The fourth-order valence-electron chi connectivity index (χ4n) is 1.69. The topological polar surface area (TPSA) is 15.8 Å². The smallest absolute Gasteiger partial charge is 0.0486 e. The number of aromatic amines is 1. The van der Waals surface area contributed by atoms with E-state index in [4.69, 9.17) is 0 Å². The molecule has 0 fully saturated rings. The summed E-state index contributed by atoms with van der Waals surface area (Å²) in [4.78, 5) is 3.27. The number of H-pyrrole nitrogens is 1.